The lowest BCUT2D eigenvalue weighted by Crippen LogP contribution is -2.33. The fraction of sp³-hybridized carbons (Fsp3) is 0.320. The fourth-order valence-corrected chi connectivity index (χ4v) is 4.90. The molecule has 6 heteroatoms. The predicted octanol–water partition coefficient (Wildman–Crippen LogP) is 2.82. The summed E-state index contributed by atoms with van der Waals surface area (Å²) in [5.74, 6) is 1.88. The molecule has 2 atom stereocenters. The molecule has 2 heterocycles. The number of nitrogens with zero attached hydrogens (tertiary/aromatic N) is 3. The highest BCUT2D eigenvalue weighted by Crippen LogP contribution is 2.46. The summed E-state index contributed by atoms with van der Waals surface area (Å²) >= 11 is 0. The van der Waals surface area contributed by atoms with E-state index >= 15 is 0 Å². The van der Waals surface area contributed by atoms with Crippen molar-refractivity contribution in [3.8, 4) is 0 Å². The van der Waals surface area contributed by atoms with Crippen LogP contribution in [-0.2, 0) is 0 Å². The van der Waals surface area contributed by atoms with Crippen molar-refractivity contribution < 1.29 is 4.79 Å². The zero-order chi connectivity index (χ0) is 21.2. The zero-order valence-electron chi connectivity index (χ0n) is 17.4. The number of carbonyl (C=O) groups excluding carboxylic acids is 1. The molecule has 31 heavy (non-hydrogen) atoms. The van der Waals surface area contributed by atoms with E-state index in [4.69, 9.17) is 5.73 Å². The van der Waals surface area contributed by atoms with Crippen LogP contribution in [0.5, 0.6) is 0 Å². The highest BCUT2D eigenvalue weighted by Gasteiger charge is 2.55. The van der Waals surface area contributed by atoms with E-state index in [1.807, 2.05) is 0 Å². The molecule has 158 valence electrons. The van der Waals surface area contributed by atoms with Gasteiger partial charge in [0.2, 0.25) is 5.95 Å². The molecule has 1 aliphatic heterocycles. The minimum absolute atomic E-state index is 0.346. The predicted molar refractivity (Wildman–Crippen MR) is 121 cm³/mol. The third-order valence-corrected chi connectivity index (χ3v) is 6.62. The number of primary amides is 1. The van der Waals surface area contributed by atoms with Crippen LogP contribution in [0.25, 0.3) is 0 Å². The lowest BCUT2D eigenvalue weighted by Gasteiger charge is -2.21. The van der Waals surface area contributed by atoms with Gasteiger partial charge >= 0.3 is 0 Å². The summed E-state index contributed by atoms with van der Waals surface area (Å²) < 4.78 is 0. The maximum absolute atomic E-state index is 11.2. The Bertz CT molecular complexity index is 973. The number of carbonyl (C=O) groups is 1. The van der Waals surface area contributed by atoms with Crippen LogP contribution in [0.3, 0.4) is 0 Å². The average molecular weight is 414 g/mol. The smallest absolute Gasteiger partial charge is 0.251 e. The number of anilines is 1. The van der Waals surface area contributed by atoms with Crippen molar-refractivity contribution in [1.82, 2.24) is 15.3 Å². The van der Waals surface area contributed by atoms with Gasteiger partial charge in [0, 0.05) is 37.4 Å². The molecule has 2 aromatic carbocycles. The quantitative estimate of drug-likeness (QED) is 0.593. The van der Waals surface area contributed by atoms with E-state index in [0.717, 1.165) is 26.1 Å². The molecule has 1 saturated heterocycles. The molecule has 0 spiro atoms. The van der Waals surface area contributed by atoms with Gasteiger partial charge in [-0.15, -0.1) is 0 Å². The Labute approximate surface area is 182 Å². The molecule has 0 radical (unpaired) electrons. The lowest BCUT2D eigenvalue weighted by molar-refractivity contribution is 0.0999. The van der Waals surface area contributed by atoms with E-state index < -0.39 is 5.91 Å². The molecule has 1 saturated carbocycles. The van der Waals surface area contributed by atoms with Gasteiger partial charge in [-0.25, -0.2) is 9.97 Å². The van der Waals surface area contributed by atoms with E-state index in [1.165, 1.54) is 23.5 Å². The van der Waals surface area contributed by atoms with Gasteiger partial charge in [0.15, 0.2) is 0 Å². The Kier molecular flexibility index (Phi) is 5.38. The molecule has 1 aliphatic carbocycles. The summed E-state index contributed by atoms with van der Waals surface area (Å²) in [4.78, 5) is 22.0. The molecular formula is C25H27N5O. The summed E-state index contributed by atoms with van der Waals surface area (Å²) in [6.07, 6.45) is 4.10. The van der Waals surface area contributed by atoms with Crippen LogP contribution in [0.2, 0.25) is 0 Å². The maximum Gasteiger partial charge on any atom is 0.251 e. The average Bonchev–Trinajstić information content (AvgIpc) is 3.25. The fourth-order valence-electron chi connectivity index (χ4n) is 4.90. The first-order chi connectivity index (χ1) is 15.2. The van der Waals surface area contributed by atoms with Crippen LogP contribution >= 0.6 is 0 Å². The van der Waals surface area contributed by atoms with Crippen molar-refractivity contribution in [2.75, 3.05) is 24.5 Å². The van der Waals surface area contributed by atoms with Crippen molar-refractivity contribution in [3.63, 3.8) is 0 Å². The lowest BCUT2D eigenvalue weighted by atomic mass is 9.88. The Balaban J connectivity index is 1.15. The van der Waals surface area contributed by atoms with Crippen molar-refractivity contribution in [2.45, 2.75) is 18.4 Å². The summed E-state index contributed by atoms with van der Waals surface area (Å²) in [5, 5.41) is 3.80. The van der Waals surface area contributed by atoms with Crippen molar-refractivity contribution in [2.24, 2.45) is 17.6 Å². The van der Waals surface area contributed by atoms with Crippen molar-refractivity contribution in [3.05, 3.63) is 89.7 Å². The maximum atomic E-state index is 11.2. The molecule has 3 N–H and O–H groups in total. The van der Waals surface area contributed by atoms with Gasteiger partial charge in [0.25, 0.3) is 5.91 Å². The third-order valence-electron chi connectivity index (χ3n) is 6.62. The molecule has 1 amide bonds. The zero-order valence-corrected chi connectivity index (χ0v) is 17.4. The minimum Gasteiger partial charge on any atom is -0.366 e. The number of piperidine rings is 1. The highest BCUT2D eigenvalue weighted by molar-refractivity contribution is 5.92. The largest absolute Gasteiger partial charge is 0.366 e. The second-order valence-electron chi connectivity index (χ2n) is 8.51. The van der Waals surface area contributed by atoms with Gasteiger partial charge in [0.05, 0.1) is 5.56 Å². The van der Waals surface area contributed by atoms with E-state index in [1.54, 1.807) is 0 Å². The van der Waals surface area contributed by atoms with E-state index in [-0.39, 0.29) is 0 Å². The third kappa shape index (κ3) is 4.16. The van der Waals surface area contributed by atoms with Gasteiger partial charge in [-0.05, 0) is 35.9 Å². The molecule has 1 aromatic heterocycles. The Hall–Kier alpha value is -3.25. The van der Waals surface area contributed by atoms with Gasteiger partial charge in [-0.3, -0.25) is 4.79 Å². The number of fused-ring (bicyclic) bond motifs is 1. The van der Waals surface area contributed by atoms with Crippen LogP contribution in [0.15, 0.2) is 73.1 Å². The SMILES string of the molecule is NC(=O)c1cnc(N2CC3C(C2)C3NCCC(c2ccccc2)c2ccccc2)nc1. The molecule has 2 aliphatic rings. The Morgan fingerprint density at radius 1 is 0.968 bits per heavy atom. The molecule has 2 unspecified atom stereocenters. The monoisotopic (exact) mass is 413 g/mol. The van der Waals surface area contributed by atoms with Crippen LogP contribution in [0.4, 0.5) is 5.95 Å². The molecule has 5 rings (SSSR count). The second kappa shape index (κ2) is 8.47. The topological polar surface area (TPSA) is 84.1 Å². The summed E-state index contributed by atoms with van der Waals surface area (Å²) in [7, 11) is 0. The number of nitrogens with one attached hydrogen (secondary N) is 1. The van der Waals surface area contributed by atoms with Gasteiger partial charge in [-0.2, -0.15) is 0 Å². The number of amides is 1. The first-order valence-electron chi connectivity index (χ1n) is 10.9. The second-order valence-corrected chi connectivity index (χ2v) is 8.51. The van der Waals surface area contributed by atoms with E-state index in [0.29, 0.717) is 35.3 Å². The van der Waals surface area contributed by atoms with Crippen molar-refractivity contribution in [1.29, 1.82) is 0 Å². The van der Waals surface area contributed by atoms with Crippen LogP contribution in [0.1, 0.15) is 33.8 Å². The Morgan fingerprint density at radius 3 is 2.03 bits per heavy atom. The van der Waals surface area contributed by atoms with Gasteiger partial charge in [-0.1, -0.05) is 60.7 Å². The number of hydrogen-bond donors (Lipinski definition) is 2. The summed E-state index contributed by atoms with van der Waals surface area (Å²) in [6, 6.07) is 22.1. The Morgan fingerprint density at radius 2 is 1.52 bits per heavy atom. The number of hydrogen-bond acceptors (Lipinski definition) is 5. The normalized spacial score (nSPS) is 21.8. The molecule has 3 aromatic rings. The molecule has 0 bridgehead atoms. The van der Waals surface area contributed by atoms with Gasteiger partial charge in [0.1, 0.15) is 0 Å². The van der Waals surface area contributed by atoms with E-state index in [9.17, 15) is 4.79 Å². The number of aromatic nitrogens is 2. The highest BCUT2D eigenvalue weighted by atomic mass is 16.1. The standard InChI is InChI=1S/C25H27N5O/c26-24(31)19-13-28-25(29-14-19)30-15-21-22(16-30)23(21)27-12-11-20(17-7-3-1-4-8-17)18-9-5-2-6-10-18/h1-10,13-14,20-23,27H,11-12,15-16H2,(H2,26,31). The molecule has 6 nitrogen and oxygen atoms in total. The van der Waals surface area contributed by atoms with Crippen LogP contribution < -0.4 is 16.0 Å². The van der Waals surface area contributed by atoms with Crippen LogP contribution in [-0.4, -0.2) is 41.6 Å². The molecule has 2 fully saturated rings. The first kappa shape index (κ1) is 19.7. The van der Waals surface area contributed by atoms with Crippen LogP contribution in [0, 0.1) is 11.8 Å². The number of nitrogens with two attached hydrogens (primary N) is 1. The first-order valence-corrected chi connectivity index (χ1v) is 10.9. The number of rotatable bonds is 8. The minimum atomic E-state index is -0.496. The van der Waals surface area contributed by atoms with Crippen molar-refractivity contribution >= 4 is 11.9 Å². The summed E-state index contributed by atoms with van der Waals surface area (Å²) in [6.45, 7) is 2.91. The van der Waals surface area contributed by atoms with Gasteiger partial charge < -0.3 is 16.0 Å². The molecular weight excluding hydrogens is 386 g/mol. The van der Waals surface area contributed by atoms with E-state index in [2.05, 4.69) is 80.8 Å². The summed E-state index contributed by atoms with van der Waals surface area (Å²) in [5.41, 5.74) is 8.35. The number of benzene rings is 2.